The average Bonchev–Trinajstić information content (AvgIpc) is 2.20. The smallest absolute Gasteiger partial charge is 0.292 e. The topological polar surface area (TPSA) is 69.2 Å². The van der Waals surface area contributed by atoms with E-state index in [1.54, 1.807) is 12.1 Å². The van der Waals surface area contributed by atoms with Crippen LogP contribution in [0.15, 0.2) is 24.3 Å². The second-order valence-corrected chi connectivity index (χ2v) is 3.44. The predicted molar refractivity (Wildman–Crippen MR) is 65.0 cm³/mol. The summed E-state index contributed by atoms with van der Waals surface area (Å²) in [5.41, 5.74) is 6.38. The van der Waals surface area contributed by atoms with E-state index in [2.05, 4.69) is 12.6 Å². The number of hydrogen-bond acceptors (Lipinski definition) is 4. The van der Waals surface area contributed by atoms with Crippen LogP contribution >= 0.6 is 12.6 Å². The molecule has 0 unspecified atom stereocenters. The Morgan fingerprint density at radius 3 is 2.87 bits per heavy atom. The molecule has 80 valence electrons. The monoisotopic (exact) mass is 224 g/mol. The van der Waals surface area contributed by atoms with Gasteiger partial charge in [0.2, 0.25) is 0 Å². The molecule has 1 aromatic carbocycles. The molecule has 0 aromatic heterocycles. The van der Waals surface area contributed by atoms with E-state index in [-0.39, 0.29) is 11.4 Å². The maximum atomic E-state index is 10.6. The van der Waals surface area contributed by atoms with Crippen molar-refractivity contribution < 1.29 is 4.92 Å². The van der Waals surface area contributed by atoms with Crippen molar-refractivity contribution in [1.29, 1.82) is 0 Å². The number of nitrogens with zero attached hydrogens (tertiary/aromatic N) is 1. The first-order valence-electron chi connectivity index (χ1n) is 4.46. The maximum absolute atomic E-state index is 10.6. The standard InChI is InChI=1S/C10H12N2O2S/c11-9-5-4-8(3-1-2-6-15)7-10(9)12(13)14/h1,3-5,7,15H,2,6,11H2. The number of rotatable bonds is 4. The number of hydrogen-bond donors (Lipinski definition) is 2. The number of nitro groups is 1. The van der Waals surface area contributed by atoms with Gasteiger partial charge < -0.3 is 5.73 Å². The number of nitro benzene ring substituents is 1. The predicted octanol–water partition coefficient (Wildman–Crippen LogP) is 2.51. The van der Waals surface area contributed by atoms with E-state index in [1.807, 2.05) is 12.2 Å². The van der Waals surface area contributed by atoms with Crippen LogP contribution in [0.2, 0.25) is 0 Å². The Morgan fingerprint density at radius 2 is 2.27 bits per heavy atom. The van der Waals surface area contributed by atoms with Crippen molar-refractivity contribution in [1.82, 2.24) is 0 Å². The fourth-order valence-electron chi connectivity index (χ4n) is 1.12. The molecule has 0 saturated heterocycles. The van der Waals surface area contributed by atoms with Crippen molar-refractivity contribution in [2.24, 2.45) is 0 Å². The third-order valence-electron chi connectivity index (χ3n) is 1.86. The lowest BCUT2D eigenvalue weighted by Gasteiger charge is -1.98. The molecule has 0 aliphatic heterocycles. The van der Waals surface area contributed by atoms with Gasteiger partial charge in [0.15, 0.2) is 0 Å². The second kappa shape index (κ2) is 5.41. The third kappa shape index (κ3) is 3.28. The normalized spacial score (nSPS) is 10.7. The zero-order valence-electron chi connectivity index (χ0n) is 8.09. The molecule has 2 N–H and O–H groups in total. The largest absolute Gasteiger partial charge is 0.393 e. The molecule has 0 amide bonds. The van der Waals surface area contributed by atoms with E-state index in [0.717, 1.165) is 17.7 Å². The van der Waals surface area contributed by atoms with Crippen LogP contribution in [0.1, 0.15) is 12.0 Å². The molecule has 0 aliphatic rings. The van der Waals surface area contributed by atoms with E-state index in [1.165, 1.54) is 6.07 Å². The Kier molecular flexibility index (Phi) is 4.17. The summed E-state index contributed by atoms with van der Waals surface area (Å²) in [6, 6.07) is 4.75. The molecule has 15 heavy (non-hydrogen) atoms. The van der Waals surface area contributed by atoms with Gasteiger partial charge in [-0.3, -0.25) is 10.1 Å². The molecule has 0 heterocycles. The first-order chi connectivity index (χ1) is 7.15. The van der Waals surface area contributed by atoms with Gasteiger partial charge in [-0.2, -0.15) is 12.6 Å². The summed E-state index contributed by atoms with van der Waals surface area (Å²) >= 11 is 4.06. The van der Waals surface area contributed by atoms with Crippen molar-refractivity contribution in [3.63, 3.8) is 0 Å². The first kappa shape index (κ1) is 11.6. The van der Waals surface area contributed by atoms with Gasteiger partial charge in [0.1, 0.15) is 5.69 Å². The number of thiol groups is 1. The van der Waals surface area contributed by atoms with Crippen LogP contribution in [-0.2, 0) is 0 Å². The van der Waals surface area contributed by atoms with Crippen LogP contribution < -0.4 is 5.73 Å². The molecular formula is C10H12N2O2S. The number of allylic oxidation sites excluding steroid dienone is 1. The first-order valence-corrected chi connectivity index (χ1v) is 5.09. The quantitative estimate of drug-likeness (QED) is 0.357. The van der Waals surface area contributed by atoms with Crippen LogP contribution in [0.4, 0.5) is 11.4 Å². The zero-order valence-corrected chi connectivity index (χ0v) is 8.98. The van der Waals surface area contributed by atoms with Crippen LogP contribution in [-0.4, -0.2) is 10.7 Å². The highest BCUT2D eigenvalue weighted by Gasteiger charge is 2.10. The Labute approximate surface area is 93.3 Å². The molecule has 0 bridgehead atoms. The van der Waals surface area contributed by atoms with E-state index in [0.29, 0.717) is 0 Å². The third-order valence-corrected chi connectivity index (χ3v) is 2.12. The molecule has 1 rings (SSSR count). The van der Waals surface area contributed by atoms with Crippen molar-refractivity contribution in [2.75, 3.05) is 11.5 Å². The van der Waals surface area contributed by atoms with E-state index < -0.39 is 4.92 Å². The lowest BCUT2D eigenvalue weighted by molar-refractivity contribution is -0.383. The van der Waals surface area contributed by atoms with Crippen LogP contribution in [0, 0.1) is 10.1 Å². The summed E-state index contributed by atoms with van der Waals surface area (Å²) in [5.74, 6) is 0.758. The molecule has 0 atom stereocenters. The van der Waals surface area contributed by atoms with Crippen molar-refractivity contribution in [2.45, 2.75) is 6.42 Å². The van der Waals surface area contributed by atoms with Crippen molar-refractivity contribution in [3.8, 4) is 0 Å². The Morgan fingerprint density at radius 1 is 1.53 bits per heavy atom. The summed E-state index contributed by atoms with van der Waals surface area (Å²) in [4.78, 5) is 10.1. The summed E-state index contributed by atoms with van der Waals surface area (Å²) in [7, 11) is 0. The van der Waals surface area contributed by atoms with Gasteiger partial charge >= 0.3 is 0 Å². The summed E-state index contributed by atoms with van der Waals surface area (Å²) in [5, 5.41) is 10.6. The minimum atomic E-state index is -0.481. The van der Waals surface area contributed by atoms with Gasteiger partial charge in [-0.1, -0.05) is 18.2 Å². The Hall–Kier alpha value is -1.49. The maximum Gasteiger partial charge on any atom is 0.292 e. The van der Waals surface area contributed by atoms with Gasteiger partial charge in [0.25, 0.3) is 5.69 Å². The highest BCUT2D eigenvalue weighted by molar-refractivity contribution is 7.80. The minimum absolute atomic E-state index is 0.0528. The Bertz CT molecular complexity index is 391. The Balaban J connectivity index is 2.92. The molecular weight excluding hydrogens is 212 g/mol. The van der Waals surface area contributed by atoms with Crippen LogP contribution in [0.5, 0.6) is 0 Å². The number of nitrogens with two attached hydrogens (primary N) is 1. The summed E-state index contributed by atoms with van der Waals surface area (Å²) in [6.45, 7) is 0. The molecule has 0 saturated carbocycles. The lowest BCUT2D eigenvalue weighted by Crippen LogP contribution is -1.95. The highest BCUT2D eigenvalue weighted by Crippen LogP contribution is 2.22. The number of anilines is 1. The van der Waals surface area contributed by atoms with Gasteiger partial charge in [-0.15, -0.1) is 0 Å². The fraction of sp³-hybridized carbons (Fsp3) is 0.200. The average molecular weight is 224 g/mol. The number of benzene rings is 1. The molecule has 0 radical (unpaired) electrons. The van der Waals surface area contributed by atoms with E-state index in [9.17, 15) is 10.1 Å². The van der Waals surface area contributed by atoms with Gasteiger partial charge in [-0.05, 0) is 23.8 Å². The van der Waals surface area contributed by atoms with Gasteiger partial charge in [0, 0.05) is 6.07 Å². The summed E-state index contributed by atoms with van der Waals surface area (Å²) < 4.78 is 0. The fourth-order valence-corrected chi connectivity index (χ4v) is 1.27. The lowest BCUT2D eigenvalue weighted by atomic mass is 10.1. The second-order valence-electron chi connectivity index (χ2n) is 2.99. The number of nitrogen functional groups attached to an aromatic ring is 1. The molecule has 0 spiro atoms. The van der Waals surface area contributed by atoms with E-state index in [4.69, 9.17) is 5.73 Å². The summed E-state index contributed by atoms with van der Waals surface area (Å²) in [6.07, 6.45) is 4.58. The molecule has 4 nitrogen and oxygen atoms in total. The SMILES string of the molecule is Nc1ccc(C=CCCS)cc1[N+](=O)[O-]. The molecule has 5 heteroatoms. The van der Waals surface area contributed by atoms with Crippen molar-refractivity contribution in [3.05, 3.63) is 40.0 Å². The zero-order chi connectivity index (χ0) is 11.3. The van der Waals surface area contributed by atoms with Crippen molar-refractivity contribution >= 4 is 30.1 Å². The van der Waals surface area contributed by atoms with Crippen LogP contribution in [0.3, 0.4) is 0 Å². The molecule has 0 aliphatic carbocycles. The molecule has 0 fully saturated rings. The molecule has 1 aromatic rings. The van der Waals surface area contributed by atoms with Gasteiger partial charge in [-0.25, -0.2) is 0 Å². The highest BCUT2D eigenvalue weighted by atomic mass is 32.1. The van der Waals surface area contributed by atoms with Gasteiger partial charge in [0.05, 0.1) is 4.92 Å². The van der Waals surface area contributed by atoms with E-state index >= 15 is 0 Å². The minimum Gasteiger partial charge on any atom is -0.393 e. The van der Waals surface area contributed by atoms with Crippen LogP contribution in [0.25, 0.3) is 6.08 Å².